The van der Waals surface area contributed by atoms with E-state index in [2.05, 4.69) is 11.4 Å². The molecule has 1 amide bonds. The number of ether oxygens (including phenoxy) is 1. The standard InChI is InChI=1S/C15H15ClN2O3/c1-15(9-17,10-6-7-10)18-13(19)8-21-14(20)11-4-2-3-5-12(11)16/h2-5,10H,6-8H2,1H3,(H,18,19)/t15-/m1/s1. The summed E-state index contributed by atoms with van der Waals surface area (Å²) in [5, 5.41) is 12.0. The van der Waals surface area contributed by atoms with Gasteiger partial charge in [-0.1, -0.05) is 23.7 Å². The predicted molar refractivity (Wildman–Crippen MR) is 76.6 cm³/mol. The summed E-state index contributed by atoms with van der Waals surface area (Å²) in [5.74, 6) is -0.988. The highest BCUT2D eigenvalue weighted by molar-refractivity contribution is 6.33. The molecule has 0 aliphatic heterocycles. The summed E-state index contributed by atoms with van der Waals surface area (Å²) < 4.78 is 4.92. The zero-order chi connectivity index (χ0) is 15.5. The van der Waals surface area contributed by atoms with Crippen molar-refractivity contribution in [3.05, 3.63) is 34.9 Å². The van der Waals surface area contributed by atoms with Gasteiger partial charge in [-0.3, -0.25) is 4.79 Å². The van der Waals surface area contributed by atoms with Gasteiger partial charge in [-0.15, -0.1) is 0 Å². The zero-order valence-electron chi connectivity index (χ0n) is 11.6. The molecule has 0 bridgehead atoms. The van der Waals surface area contributed by atoms with Gasteiger partial charge in [0.2, 0.25) is 0 Å². The number of amides is 1. The van der Waals surface area contributed by atoms with Crippen molar-refractivity contribution in [3.8, 4) is 6.07 Å². The molecule has 1 fully saturated rings. The first-order chi connectivity index (χ1) is 9.96. The van der Waals surface area contributed by atoms with E-state index in [0.29, 0.717) is 0 Å². The van der Waals surface area contributed by atoms with Gasteiger partial charge in [0.15, 0.2) is 6.61 Å². The molecule has 5 nitrogen and oxygen atoms in total. The Hall–Kier alpha value is -2.06. The second kappa shape index (κ2) is 6.15. The number of hydrogen-bond donors (Lipinski definition) is 1. The first kappa shape index (κ1) is 15.3. The fourth-order valence-corrected chi connectivity index (χ4v) is 2.26. The molecule has 0 spiro atoms. The fourth-order valence-electron chi connectivity index (χ4n) is 2.04. The summed E-state index contributed by atoms with van der Waals surface area (Å²) in [6, 6.07) is 8.54. The average molecular weight is 307 g/mol. The molecule has 1 saturated carbocycles. The molecular weight excluding hydrogens is 292 g/mol. The van der Waals surface area contributed by atoms with Crippen LogP contribution in [0.3, 0.4) is 0 Å². The molecule has 0 radical (unpaired) electrons. The first-order valence-corrected chi connectivity index (χ1v) is 6.98. The summed E-state index contributed by atoms with van der Waals surface area (Å²) in [5.41, 5.74) is -0.689. The molecular formula is C15H15ClN2O3. The van der Waals surface area contributed by atoms with Crippen molar-refractivity contribution in [3.63, 3.8) is 0 Å². The van der Waals surface area contributed by atoms with Gasteiger partial charge in [-0.25, -0.2) is 4.79 Å². The number of carbonyl (C=O) groups excluding carboxylic acids is 2. The van der Waals surface area contributed by atoms with Gasteiger partial charge in [0, 0.05) is 0 Å². The van der Waals surface area contributed by atoms with Crippen LogP contribution in [0.15, 0.2) is 24.3 Å². The number of nitrogens with one attached hydrogen (secondary N) is 1. The molecule has 1 aromatic carbocycles. The summed E-state index contributed by atoms with van der Waals surface area (Å²) in [6.07, 6.45) is 1.84. The van der Waals surface area contributed by atoms with Crippen LogP contribution in [-0.2, 0) is 9.53 Å². The van der Waals surface area contributed by atoms with E-state index in [1.165, 1.54) is 6.07 Å². The molecule has 1 aromatic rings. The highest BCUT2D eigenvalue weighted by atomic mass is 35.5. The van der Waals surface area contributed by atoms with Crippen LogP contribution in [0.1, 0.15) is 30.1 Å². The third-order valence-corrected chi connectivity index (χ3v) is 3.78. The van der Waals surface area contributed by atoms with Gasteiger partial charge in [0.1, 0.15) is 5.54 Å². The fraction of sp³-hybridized carbons (Fsp3) is 0.400. The predicted octanol–water partition coefficient (Wildman–Crippen LogP) is 2.31. The van der Waals surface area contributed by atoms with Crippen LogP contribution in [0.25, 0.3) is 0 Å². The van der Waals surface area contributed by atoms with E-state index in [9.17, 15) is 9.59 Å². The lowest BCUT2D eigenvalue weighted by Crippen LogP contribution is -2.48. The lowest BCUT2D eigenvalue weighted by atomic mass is 9.98. The third kappa shape index (κ3) is 3.73. The molecule has 1 aliphatic rings. The average Bonchev–Trinajstić information content (AvgIpc) is 3.30. The first-order valence-electron chi connectivity index (χ1n) is 6.60. The maximum atomic E-state index is 11.8. The summed E-state index contributed by atoms with van der Waals surface area (Å²) in [4.78, 5) is 23.6. The number of halogens is 1. The molecule has 2 rings (SSSR count). The van der Waals surface area contributed by atoms with E-state index in [4.69, 9.17) is 21.6 Å². The quantitative estimate of drug-likeness (QED) is 0.847. The number of benzene rings is 1. The molecule has 0 saturated heterocycles. The van der Waals surface area contributed by atoms with Gasteiger partial charge < -0.3 is 10.1 Å². The van der Waals surface area contributed by atoms with Crippen molar-refractivity contribution in [1.29, 1.82) is 5.26 Å². The molecule has 21 heavy (non-hydrogen) atoms. The smallest absolute Gasteiger partial charge is 0.340 e. The Balaban J connectivity index is 1.88. The second-order valence-electron chi connectivity index (χ2n) is 5.19. The van der Waals surface area contributed by atoms with E-state index >= 15 is 0 Å². The molecule has 0 aromatic heterocycles. The van der Waals surface area contributed by atoms with Crippen molar-refractivity contribution in [2.75, 3.05) is 6.61 Å². The summed E-state index contributed by atoms with van der Waals surface area (Å²) in [7, 11) is 0. The van der Waals surface area contributed by atoms with E-state index in [1.807, 2.05) is 0 Å². The number of esters is 1. The monoisotopic (exact) mass is 306 g/mol. The van der Waals surface area contributed by atoms with Crippen molar-refractivity contribution >= 4 is 23.5 Å². The van der Waals surface area contributed by atoms with Crippen LogP contribution in [-0.4, -0.2) is 24.0 Å². The van der Waals surface area contributed by atoms with Crippen molar-refractivity contribution < 1.29 is 14.3 Å². The highest BCUT2D eigenvalue weighted by Gasteiger charge is 2.43. The number of hydrogen-bond acceptors (Lipinski definition) is 4. The maximum Gasteiger partial charge on any atom is 0.340 e. The Morgan fingerprint density at radius 2 is 2.14 bits per heavy atom. The minimum Gasteiger partial charge on any atom is -0.452 e. The van der Waals surface area contributed by atoms with Gasteiger partial charge >= 0.3 is 5.97 Å². The molecule has 110 valence electrons. The van der Waals surface area contributed by atoms with Gasteiger partial charge in [0.05, 0.1) is 16.7 Å². The third-order valence-electron chi connectivity index (χ3n) is 3.45. The van der Waals surface area contributed by atoms with E-state index < -0.39 is 24.0 Å². The van der Waals surface area contributed by atoms with Crippen LogP contribution < -0.4 is 5.32 Å². The lowest BCUT2D eigenvalue weighted by Gasteiger charge is -2.22. The van der Waals surface area contributed by atoms with Crippen molar-refractivity contribution in [1.82, 2.24) is 5.32 Å². The number of carbonyl (C=O) groups is 2. The second-order valence-corrected chi connectivity index (χ2v) is 5.60. The molecule has 6 heteroatoms. The van der Waals surface area contributed by atoms with Crippen LogP contribution in [0.4, 0.5) is 0 Å². The minimum atomic E-state index is -0.895. The van der Waals surface area contributed by atoms with Crippen molar-refractivity contribution in [2.45, 2.75) is 25.3 Å². The van der Waals surface area contributed by atoms with Crippen LogP contribution in [0.5, 0.6) is 0 Å². The number of nitriles is 1. The molecule has 1 N–H and O–H groups in total. The summed E-state index contributed by atoms with van der Waals surface area (Å²) >= 11 is 5.87. The molecule has 1 aliphatic carbocycles. The number of rotatable bonds is 5. The van der Waals surface area contributed by atoms with Crippen LogP contribution in [0.2, 0.25) is 5.02 Å². The Bertz CT molecular complexity index is 607. The van der Waals surface area contributed by atoms with Crippen LogP contribution in [0, 0.1) is 17.2 Å². The molecule has 0 heterocycles. The van der Waals surface area contributed by atoms with Gasteiger partial charge in [-0.05, 0) is 37.8 Å². The molecule has 0 unspecified atom stereocenters. The topological polar surface area (TPSA) is 79.2 Å². The largest absolute Gasteiger partial charge is 0.452 e. The van der Waals surface area contributed by atoms with E-state index in [1.54, 1.807) is 25.1 Å². The lowest BCUT2D eigenvalue weighted by molar-refractivity contribution is -0.125. The van der Waals surface area contributed by atoms with E-state index in [0.717, 1.165) is 12.8 Å². The highest BCUT2D eigenvalue weighted by Crippen LogP contribution is 2.39. The normalized spacial score (nSPS) is 16.4. The Kier molecular flexibility index (Phi) is 4.49. The molecule has 1 atom stereocenters. The van der Waals surface area contributed by atoms with Gasteiger partial charge in [0.25, 0.3) is 5.91 Å². The SMILES string of the molecule is C[C@](C#N)(NC(=O)COC(=O)c1ccccc1Cl)C1CC1. The van der Waals surface area contributed by atoms with Crippen LogP contribution >= 0.6 is 11.6 Å². The maximum absolute atomic E-state index is 11.8. The Morgan fingerprint density at radius 1 is 1.48 bits per heavy atom. The van der Waals surface area contributed by atoms with Gasteiger partial charge in [-0.2, -0.15) is 5.26 Å². The Labute approximate surface area is 127 Å². The van der Waals surface area contributed by atoms with Crippen molar-refractivity contribution in [2.24, 2.45) is 5.92 Å². The zero-order valence-corrected chi connectivity index (χ0v) is 12.3. The number of nitrogens with zero attached hydrogens (tertiary/aromatic N) is 1. The Morgan fingerprint density at radius 3 is 2.71 bits per heavy atom. The summed E-state index contributed by atoms with van der Waals surface area (Å²) in [6.45, 7) is 1.24. The minimum absolute atomic E-state index is 0.172. The van der Waals surface area contributed by atoms with E-state index in [-0.39, 0.29) is 16.5 Å².